The predicted molar refractivity (Wildman–Crippen MR) is 73.6 cm³/mol. The summed E-state index contributed by atoms with van der Waals surface area (Å²) < 4.78 is 13.6. The van der Waals surface area contributed by atoms with Gasteiger partial charge in [0, 0.05) is 12.0 Å². The third-order valence-corrected chi connectivity index (χ3v) is 4.74. The van der Waals surface area contributed by atoms with Crippen LogP contribution in [0.2, 0.25) is 0 Å². The Hall–Kier alpha value is -0.450. The maximum absolute atomic E-state index is 13.2. The molecule has 0 aliphatic heterocycles. The van der Waals surface area contributed by atoms with Crippen molar-refractivity contribution < 1.29 is 9.50 Å². The first kappa shape index (κ1) is 14.0. The molecule has 4 heteroatoms. The molecule has 1 aliphatic rings. The van der Waals surface area contributed by atoms with E-state index in [1.165, 1.54) is 6.07 Å². The molecule has 18 heavy (non-hydrogen) atoms. The molecular formula is C14H19BrFNO. The van der Waals surface area contributed by atoms with E-state index in [9.17, 15) is 9.50 Å². The van der Waals surface area contributed by atoms with Crippen molar-refractivity contribution in [1.29, 1.82) is 0 Å². The zero-order chi connectivity index (χ0) is 13.3. The smallest absolute Gasteiger partial charge is 0.137 e. The largest absolute Gasteiger partial charge is 0.388 e. The maximum Gasteiger partial charge on any atom is 0.137 e. The monoisotopic (exact) mass is 315 g/mol. The minimum absolute atomic E-state index is 0.253. The number of rotatable bonds is 3. The van der Waals surface area contributed by atoms with Crippen LogP contribution in [0.5, 0.6) is 0 Å². The minimum Gasteiger partial charge on any atom is -0.388 e. The molecule has 0 spiro atoms. The number of nitrogens with two attached hydrogens (primary N) is 1. The van der Waals surface area contributed by atoms with Crippen molar-refractivity contribution >= 4 is 15.9 Å². The fourth-order valence-corrected chi connectivity index (χ4v) is 3.41. The molecule has 3 N–H and O–H groups in total. The van der Waals surface area contributed by atoms with Crippen molar-refractivity contribution in [2.24, 2.45) is 17.1 Å². The Balaban J connectivity index is 2.29. The highest BCUT2D eigenvalue weighted by molar-refractivity contribution is 9.10. The van der Waals surface area contributed by atoms with Gasteiger partial charge in [-0.1, -0.05) is 19.4 Å². The van der Waals surface area contributed by atoms with Gasteiger partial charge in [-0.05, 0) is 52.4 Å². The second kappa shape index (κ2) is 5.27. The van der Waals surface area contributed by atoms with E-state index in [-0.39, 0.29) is 11.2 Å². The fourth-order valence-electron chi connectivity index (χ4n) is 3.01. The van der Waals surface area contributed by atoms with E-state index in [4.69, 9.17) is 5.73 Å². The van der Waals surface area contributed by atoms with E-state index in [0.717, 1.165) is 24.8 Å². The summed E-state index contributed by atoms with van der Waals surface area (Å²) in [7, 11) is 0. The maximum atomic E-state index is 13.2. The third kappa shape index (κ3) is 2.46. The summed E-state index contributed by atoms with van der Waals surface area (Å²) in [5.74, 6) is 0.277. The third-order valence-electron chi connectivity index (χ3n) is 4.14. The van der Waals surface area contributed by atoms with Crippen molar-refractivity contribution in [1.82, 2.24) is 0 Å². The molecule has 1 aliphatic carbocycles. The van der Waals surface area contributed by atoms with Crippen LogP contribution in [-0.2, 0) is 0 Å². The van der Waals surface area contributed by atoms with Gasteiger partial charge < -0.3 is 10.8 Å². The summed E-state index contributed by atoms with van der Waals surface area (Å²) in [6, 6.07) is 4.68. The first-order chi connectivity index (χ1) is 8.48. The first-order valence-electron chi connectivity index (χ1n) is 6.31. The van der Waals surface area contributed by atoms with E-state index in [1.54, 1.807) is 12.1 Å². The molecule has 1 aromatic carbocycles. The average molecular weight is 316 g/mol. The van der Waals surface area contributed by atoms with E-state index >= 15 is 0 Å². The summed E-state index contributed by atoms with van der Waals surface area (Å²) in [5.41, 5.74) is 6.38. The summed E-state index contributed by atoms with van der Waals surface area (Å²) in [6.07, 6.45) is 2.33. The Kier molecular flexibility index (Phi) is 4.09. The Labute approximate surface area is 116 Å². The van der Waals surface area contributed by atoms with Gasteiger partial charge in [0.1, 0.15) is 5.82 Å². The molecular weight excluding hydrogens is 297 g/mol. The van der Waals surface area contributed by atoms with Crippen molar-refractivity contribution in [2.45, 2.75) is 32.3 Å². The molecule has 3 unspecified atom stereocenters. The molecule has 0 saturated heterocycles. The van der Waals surface area contributed by atoms with Crippen LogP contribution in [-0.4, -0.2) is 11.7 Å². The number of hydrogen-bond donors (Lipinski definition) is 2. The van der Waals surface area contributed by atoms with Gasteiger partial charge in [-0.2, -0.15) is 0 Å². The minimum atomic E-state index is -0.621. The van der Waals surface area contributed by atoms with Crippen molar-refractivity contribution in [2.75, 3.05) is 6.54 Å². The Morgan fingerprint density at radius 3 is 2.83 bits per heavy atom. The Morgan fingerprint density at radius 2 is 2.33 bits per heavy atom. The molecule has 0 radical (unpaired) electrons. The molecule has 2 rings (SSSR count). The van der Waals surface area contributed by atoms with Gasteiger partial charge in [0.25, 0.3) is 0 Å². The lowest BCUT2D eigenvalue weighted by molar-refractivity contribution is 0.0307. The highest BCUT2D eigenvalue weighted by Crippen LogP contribution is 2.49. The van der Waals surface area contributed by atoms with E-state index < -0.39 is 6.10 Å². The quantitative estimate of drug-likeness (QED) is 0.898. The highest BCUT2D eigenvalue weighted by atomic mass is 79.9. The SMILES string of the molecule is CC1CCC(CN)(C(O)c2ccc(F)c(Br)c2)C1. The lowest BCUT2D eigenvalue weighted by Crippen LogP contribution is -2.34. The molecule has 3 atom stereocenters. The van der Waals surface area contributed by atoms with E-state index in [0.29, 0.717) is 16.9 Å². The highest BCUT2D eigenvalue weighted by Gasteiger charge is 2.42. The van der Waals surface area contributed by atoms with Gasteiger partial charge in [-0.3, -0.25) is 0 Å². The van der Waals surface area contributed by atoms with E-state index in [1.807, 2.05) is 0 Å². The van der Waals surface area contributed by atoms with Crippen LogP contribution in [0.3, 0.4) is 0 Å². The lowest BCUT2D eigenvalue weighted by atomic mass is 9.77. The zero-order valence-electron chi connectivity index (χ0n) is 10.5. The van der Waals surface area contributed by atoms with Crippen LogP contribution in [0.4, 0.5) is 4.39 Å². The number of aliphatic hydroxyl groups excluding tert-OH is 1. The van der Waals surface area contributed by atoms with E-state index in [2.05, 4.69) is 22.9 Å². The standard InChI is InChI=1S/C14H19BrFNO/c1-9-4-5-14(7-9,8-17)13(18)10-2-3-12(16)11(15)6-10/h2-3,6,9,13,18H,4-5,7-8,17H2,1H3. The van der Waals surface area contributed by atoms with Gasteiger partial charge in [0.15, 0.2) is 0 Å². The first-order valence-corrected chi connectivity index (χ1v) is 7.11. The normalized spacial score (nSPS) is 29.5. The molecule has 1 aromatic rings. The van der Waals surface area contributed by atoms with Gasteiger partial charge in [0.05, 0.1) is 10.6 Å². The van der Waals surface area contributed by atoms with Gasteiger partial charge in [-0.25, -0.2) is 4.39 Å². The molecule has 100 valence electrons. The van der Waals surface area contributed by atoms with Gasteiger partial charge in [0.2, 0.25) is 0 Å². The van der Waals surface area contributed by atoms with Crippen molar-refractivity contribution in [3.63, 3.8) is 0 Å². The van der Waals surface area contributed by atoms with Gasteiger partial charge >= 0.3 is 0 Å². The lowest BCUT2D eigenvalue weighted by Gasteiger charge is -2.33. The number of hydrogen-bond acceptors (Lipinski definition) is 2. The second-order valence-corrected chi connectivity index (χ2v) is 6.34. The Morgan fingerprint density at radius 1 is 1.61 bits per heavy atom. The summed E-state index contributed by atoms with van der Waals surface area (Å²) in [6.45, 7) is 2.65. The van der Waals surface area contributed by atoms with Crippen molar-refractivity contribution in [3.05, 3.63) is 34.1 Å². The molecule has 1 saturated carbocycles. The topological polar surface area (TPSA) is 46.2 Å². The predicted octanol–water partition coefficient (Wildman–Crippen LogP) is 3.39. The average Bonchev–Trinajstić information content (AvgIpc) is 2.75. The molecule has 0 amide bonds. The van der Waals surface area contributed by atoms with Crippen LogP contribution in [0, 0.1) is 17.2 Å². The van der Waals surface area contributed by atoms with Crippen LogP contribution in [0.1, 0.15) is 37.9 Å². The molecule has 0 aromatic heterocycles. The van der Waals surface area contributed by atoms with Crippen LogP contribution < -0.4 is 5.73 Å². The Bertz CT molecular complexity index is 440. The summed E-state index contributed by atoms with van der Waals surface area (Å²) in [4.78, 5) is 0. The molecule has 2 nitrogen and oxygen atoms in total. The van der Waals surface area contributed by atoms with Crippen LogP contribution in [0.15, 0.2) is 22.7 Å². The number of halogens is 2. The number of benzene rings is 1. The second-order valence-electron chi connectivity index (χ2n) is 5.49. The molecule has 1 fully saturated rings. The van der Waals surface area contributed by atoms with Crippen molar-refractivity contribution in [3.8, 4) is 0 Å². The van der Waals surface area contributed by atoms with Crippen LogP contribution in [0.25, 0.3) is 0 Å². The fraction of sp³-hybridized carbons (Fsp3) is 0.571. The van der Waals surface area contributed by atoms with Gasteiger partial charge in [-0.15, -0.1) is 0 Å². The summed E-state index contributed by atoms with van der Waals surface area (Å²) >= 11 is 3.16. The number of aliphatic hydroxyl groups is 1. The molecule has 0 bridgehead atoms. The molecule has 0 heterocycles. The zero-order valence-corrected chi connectivity index (χ0v) is 12.1. The van der Waals surface area contributed by atoms with Crippen LogP contribution >= 0.6 is 15.9 Å². The summed E-state index contributed by atoms with van der Waals surface area (Å²) in [5, 5.41) is 10.6.